The van der Waals surface area contributed by atoms with Crippen molar-refractivity contribution < 1.29 is 29.7 Å². The fraction of sp³-hybridized carbons (Fsp3) is 0.548. The van der Waals surface area contributed by atoms with Crippen molar-refractivity contribution in [3.05, 3.63) is 34.1 Å². The summed E-state index contributed by atoms with van der Waals surface area (Å²) < 4.78 is 0. The molecule has 4 aliphatic carbocycles. The summed E-state index contributed by atoms with van der Waals surface area (Å²) in [7, 11) is 6.56. The first-order valence-corrected chi connectivity index (χ1v) is 14.8. The van der Waals surface area contributed by atoms with Gasteiger partial charge in [0, 0.05) is 26.3 Å². The smallest absolute Gasteiger partial charge is 0.255 e. The number of benzene rings is 1. The van der Waals surface area contributed by atoms with Gasteiger partial charge in [0.1, 0.15) is 22.8 Å². The Kier molecular flexibility index (Phi) is 7.47. The molecule has 1 aromatic rings. The third kappa shape index (κ3) is 4.12. The van der Waals surface area contributed by atoms with Gasteiger partial charge in [0.2, 0.25) is 0 Å². The van der Waals surface area contributed by atoms with Gasteiger partial charge in [-0.1, -0.05) is 19.3 Å². The maximum absolute atomic E-state index is 14.6. The second kappa shape index (κ2) is 10.5. The van der Waals surface area contributed by atoms with E-state index in [-0.39, 0.29) is 17.7 Å². The van der Waals surface area contributed by atoms with Crippen LogP contribution in [0.25, 0.3) is 5.76 Å². The van der Waals surface area contributed by atoms with E-state index in [9.17, 15) is 35.0 Å². The third-order valence-electron chi connectivity index (χ3n) is 10.0. The zero-order valence-electron chi connectivity index (χ0n) is 25.5. The van der Waals surface area contributed by atoms with Crippen molar-refractivity contribution in [1.82, 2.24) is 4.90 Å². The van der Waals surface area contributed by atoms with Gasteiger partial charge in [-0.15, -0.1) is 0 Å². The Morgan fingerprint density at radius 1 is 1.11 bits per heavy atom. The molecule has 4 aliphatic rings. The number of rotatable bonds is 6. The number of nitrogens with zero attached hydrogens (tertiary/aromatic N) is 3. The van der Waals surface area contributed by atoms with Gasteiger partial charge in [0.05, 0.1) is 40.0 Å². The van der Waals surface area contributed by atoms with Gasteiger partial charge < -0.3 is 42.7 Å². The van der Waals surface area contributed by atoms with Crippen LogP contribution in [0.15, 0.2) is 23.0 Å². The number of nitrogens with two attached hydrogens (primary N) is 3. The van der Waals surface area contributed by atoms with Crippen LogP contribution in [0.4, 0.5) is 11.4 Å². The number of phenolic OH excluding ortho intramolecular Hbond substituents is 1. The topological polar surface area (TPSA) is 232 Å². The summed E-state index contributed by atoms with van der Waals surface area (Å²) >= 11 is 0. The Balaban J connectivity index is 1.75. The van der Waals surface area contributed by atoms with Crippen LogP contribution < -0.4 is 27.4 Å². The number of amides is 1. The number of ketones is 2. The second-order valence-corrected chi connectivity index (χ2v) is 13.2. The number of phenols is 1. The Labute approximate surface area is 256 Å². The first-order valence-electron chi connectivity index (χ1n) is 14.8. The maximum atomic E-state index is 14.6. The molecule has 0 aliphatic heterocycles. The van der Waals surface area contributed by atoms with Crippen molar-refractivity contribution >= 4 is 34.6 Å². The molecule has 4 atom stereocenters. The fourth-order valence-corrected chi connectivity index (χ4v) is 8.06. The second-order valence-electron chi connectivity index (χ2n) is 13.2. The van der Waals surface area contributed by atoms with E-state index in [0.717, 1.165) is 25.7 Å². The normalized spacial score (nSPS) is 30.5. The lowest BCUT2D eigenvalue weighted by Crippen LogP contribution is -2.80. The average Bonchev–Trinajstić information content (AvgIpc) is 2.92. The van der Waals surface area contributed by atoms with Crippen LogP contribution in [0.3, 0.4) is 0 Å². The summed E-state index contributed by atoms with van der Waals surface area (Å²) in [5, 5.41) is 48.7. The standard InChI is InChI=1S/C31H41N7O6/c1-37(2)18-10-17(36-12-15-8-6-5-7-9-15)22(39)19-16(18)11-29(34)13-31(35)25(38(3)4)24(41)20(28(33)44)26(42)30(31,14-32)27(43)21(29)23(19)40/h10,15,25,36,39-40,42H,5-9,11-13,34-35H2,1-4H3,(H2,33,44)/t25-,29-,30+,31-/m1/s1. The Bertz CT molecular complexity index is 1570. The number of aliphatic hydroxyl groups excluding tert-OH is 2. The van der Waals surface area contributed by atoms with E-state index in [1.807, 2.05) is 0 Å². The lowest BCUT2D eigenvalue weighted by Gasteiger charge is -2.58. The summed E-state index contributed by atoms with van der Waals surface area (Å²) in [6.45, 7) is 0.609. The van der Waals surface area contributed by atoms with Crippen LogP contribution in [-0.2, 0) is 20.8 Å². The molecule has 0 aromatic heterocycles. The van der Waals surface area contributed by atoms with Gasteiger partial charge in [-0.05, 0) is 57.3 Å². The molecular formula is C31H41N7O6. The number of nitriles is 1. The zero-order valence-corrected chi connectivity index (χ0v) is 25.5. The molecule has 0 unspecified atom stereocenters. The number of aromatic hydroxyl groups is 1. The number of likely N-dealkylation sites (N-methyl/N-ethyl adjacent to an activating group) is 1. The van der Waals surface area contributed by atoms with Gasteiger partial charge in [0.15, 0.2) is 17.0 Å². The Morgan fingerprint density at radius 3 is 2.30 bits per heavy atom. The third-order valence-corrected chi connectivity index (χ3v) is 10.0. The molecule has 44 heavy (non-hydrogen) atoms. The highest BCUT2D eigenvalue weighted by Gasteiger charge is 2.74. The zero-order chi connectivity index (χ0) is 32.5. The number of Topliss-reactive ketones (excluding diaryl/α,β-unsaturated/α-hetero) is 2. The molecule has 0 saturated heterocycles. The molecule has 2 saturated carbocycles. The molecule has 1 amide bonds. The fourth-order valence-electron chi connectivity index (χ4n) is 8.06. The number of aliphatic hydroxyl groups is 2. The highest BCUT2D eigenvalue weighted by Crippen LogP contribution is 2.59. The van der Waals surface area contributed by atoms with E-state index in [2.05, 4.69) is 5.32 Å². The Hall–Kier alpha value is -4.12. The predicted octanol–water partition coefficient (Wildman–Crippen LogP) is 0.964. The number of primary amides is 1. The van der Waals surface area contributed by atoms with E-state index in [0.29, 0.717) is 29.4 Å². The van der Waals surface area contributed by atoms with Crippen LogP contribution >= 0.6 is 0 Å². The molecule has 0 spiro atoms. The van der Waals surface area contributed by atoms with Crippen molar-refractivity contribution in [1.29, 1.82) is 5.26 Å². The maximum Gasteiger partial charge on any atom is 0.255 e. The van der Waals surface area contributed by atoms with E-state index >= 15 is 0 Å². The molecule has 5 rings (SSSR count). The van der Waals surface area contributed by atoms with Gasteiger partial charge in [-0.3, -0.25) is 19.3 Å². The number of hydrogen-bond acceptors (Lipinski definition) is 12. The minimum atomic E-state index is -2.69. The van der Waals surface area contributed by atoms with E-state index in [1.165, 1.54) is 25.4 Å². The molecule has 1 aromatic carbocycles. The highest BCUT2D eigenvalue weighted by atomic mass is 16.3. The van der Waals surface area contributed by atoms with Crippen molar-refractivity contribution in [2.24, 2.45) is 28.5 Å². The van der Waals surface area contributed by atoms with Gasteiger partial charge in [-0.2, -0.15) is 5.26 Å². The predicted molar refractivity (Wildman–Crippen MR) is 164 cm³/mol. The minimum Gasteiger partial charge on any atom is -0.509 e. The molecule has 0 bridgehead atoms. The van der Waals surface area contributed by atoms with E-state index in [4.69, 9.17) is 17.2 Å². The van der Waals surface area contributed by atoms with Crippen molar-refractivity contribution in [2.75, 3.05) is 45.0 Å². The van der Waals surface area contributed by atoms with Crippen LogP contribution in [0.2, 0.25) is 0 Å². The first-order chi connectivity index (χ1) is 20.6. The largest absolute Gasteiger partial charge is 0.509 e. The van der Waals surface area contributed by atoms with Gasteiger partial charge in [-0.25, -0.2) is 0 Å². The minimum absolute atomic E-state index is 0.0287. The summed E-state index contributed by atoms with van der Waals surface area (Å²) in [4.78, 5) is 43.7. The number of carbonyl (C=O) groups is 3. The van der Waals surface area contributed by atoms with Gasteiger partial charge >= 0.3 is 0 Å². The van der Waals surface area contributed by atoms with Crippen LogP contribution in [0.5, 0.6) is 5.75 Å². The van der Waals surface area contributed by atoms with E-state index in [1.54, 1.807) is 31.1 Å². The summed E-state index contributed by atoms with van der Waals surface area (Å²) in [5.74, 6) is -5.14. The first kappa shape index (κ1) is 31.3. The summed E-state index contributed by atoms with van der Waals surface area (Å²) in [5.41, 5.74) is 12.8. The van der Waals surface area contributed by atoms with Crippen LogP contribution in [0, 0.1) is 22.7 Å². The number of carbonyl (C=O) groups excluding carboxylic acids is 3. The SMILES string of the molecule is CN(C)c1cc(NCC2CCCCC2)c(O)c2c1C[C@@]1(N)C[C@@]3(N)[C@H](N(C)C)C(=O)C(C(N)=O)=C(O)[C@@]3(C#N)C(=O)C1=C2O. The quantitative estimate of drug-likeness (QED) is 0.177. The molecule has 236 valence electrons. The summed E-state index contributed by atoms with van der Waals surface area (Å²) in [6.07, 6.45) is 5.10. The molecule has 0 radical (unpaired) electrons. The monoisotopic (exact) mass is 607 g/mol. The Morgan fingerprint density at radius 2 is 1.75 bits per heavy atom. The highest BCUT2D eigenvalue weighted by molar-refractivity contribution is 6.25. The number of fused-ring (bicyclic) bond motifs is 3. The molecule has 13 heteroatoms. The lowest BCUT2D eigenvalue weighted by molar-refractivity contribution is -0.139. The molecule has 13 nitrogen and oxygen atoms in total. The molecule has 0 heterocycles. The van der Waals surface area contributed by atoms with Crippen molar-refractivity contribution in [3.8, 4) is 11.8 Å². The average molecular weight is 608 g/mol. The summed E-state index contributed by atoms with van der Waals surface area (Å²) in [6, 6.07) is 2.11. The van der Waals surface area contributed by atoms with Crippen LogP contribution in [0.1, 0.15) is 49.7 Å². The number of nitrogens with one attached hydrogen (secondary N) is 1. The van der Waals surface area contributed by atoms with Crippen molar-refractivity contribution in [2.45, 2.75) is 62.1 Å². The van der Waals surface area contributed by atoms with Gasteiger partial charge in [0.25, 0.3) is 5.91 Å². The van der Waals surface area contributed by atoms with Crippen LogP contribution in [-0.4, -0.2) is 89.5 Å². The number of hydrogen-bond donors (Lipinski definition) is 7. The van der Waals surface area contributed by atoms with E-state index < -0.39 is 69.1 Å². The lowest BCUT2D eigenvalue weighted by atomic mass is 9.47. The molecule has 10 N–H and O–H groups in total. The molecular weight excluding hydrogens is 566 g/mol. The molecule has 2 fully saturated rings. The number of anilines is 2. The van der Waals surface area contributed by atoms with Crippen molar-refractivity contribution in [3.63, 3.8) is 0 Å².